The van der Waals surface area contributed by atoms with Crippen molar-refractivity contribution in [1.29, 1.82) is 0 Å². The Bertz CT molecular complexity index is 571. The number of aromatic nitrogens is 1. The fourth-order valence-electron chi connectivity index (χ4n) is 2.15. The molecule has 0 bridgehead atoms. The van der Waals surface area contributed by atoms with Crippen LogP contribution in [0.4, 0.5) is 0 Å². The molecule has 1 N–H and O–H groups in total. The van der Waals surface area contributed by atoms with Gasteiger partial charge in [-0.3, -0.25) is 0 Å². The second-order valence-electron chi connectivity index (χ2n) is 5.95. The molecule has 1 heterocycles. The molecule has 0 unspecified atom stereocenters. The number of rotatable bonds is 7. The summed E-state index contributed by atoms with van der Waals surface area (Å²) in [5, 5.41) is 7.46. The molecule has 0 amide bonds. The van der Waals surface area contributed by atoms with E-state index in [0.717, 1.165) is 23.7 Å². The zero-order valence-corrected chi connectivity index (χ0v) is 12.6. The molecule has 1 aliphatic rings. The van der Waals surface area contributed by atoms with Crippen molar-refractivity contribution >= 4 is 0 Å². The van der Waals surface area contributed by atoms with Crippen molar-refractivity contribution in [3.05, 3.63) is 47.3 Å². The van der Waals surface area contributed by atoms with Crippen LogP contribution < -0.4 is 10.1 Å². The predicted octanol–water partition coefficient (Wildman–Crippen LogP) is 3.63. The van der Waals surface area contributed by atoms with Gasteiger partial charge in [0.2, 0.25) is 0 Å². The molecular formula is C17H22N2O2. The van der Waals surface area contributed by atoms with E-state index in [4.69, 9.17) is 9.26 Å². The highest BCUT2D eigenvalue weighted by Crippen LogP contribution is 2.20. The van der Waals surface area contributed by atoms with Gasteiger partial charge in [0.05, 0.1) is 5.69 Å². The summed E-state index contributed by atoms with van der Waals surface area (Å²) in [7, 11) is 0. The Hall–Kier alpha value is -1.81. The number of benzene rings is 1. The Morgan fingerprint density at radius 1 is 1.29 bits per heavy atom. The first kappa shape index (κ1) is 14.1. The molecule has 1 aromatic heterocycles. The lowest BCUT2D eigenvalue weighted by atomic mass is 10.0. The van der Waals surface area contributed by atoms with Gasteiger partial charge in [-0.2, -0.15) is 0 Å². The lowest BCUT2D eigenvalue weighted by molar-refractivity contribution is 0.248. The highest BCUT2D eigenvalue weighted by Gasteiger charge is 2.20. The van der Waals surface area contributed by atoms with Gasteiger partial charge in [0.25, 0.3) is 0 Å². The summed E-state index contributed by atoms with van der Waals surface area (Å²) in [6.45, 7) is 5.55. The van der Waals surface area contributed by atoms with Gasteiger partial charge < -0.3 is 14.6 Å². The normalized spacial score (nSPS) is 14.6. The van der Waals surface area contributed by atoms with Crippen LogP contribution in [0.3, 0.4) is 0 Å². The maximum Gasteiger partial charge on any atom is 0.174 e. The monoisotopic (exact) mass is 286 g/mol. The Labute approximate surface area is 125 Å². The first-order chi connectivity index (χ1) is 10.2. The topological polar surface area (TPSA) is 47.3 Å². The van der Waals surface area contributed by atoms with Crippen LogP contribution in [0.15, 0.2) is 34.9 Å². The Morgan fingerprint density at radius 2 is 2.05 bits per heavy atom. The van der Waals surface area contributed by atoms with E-state index in [1.165, 1.54) is 18.4 Å². The number of nitrogens with one attached hydrogen (secondary N) is 1. The van der Waals surface area contributed by atoms with Crippen LogP contribution >= 0.6 is 0 Å². The molecule has 1 fully saturated rings. The highest BCUT2D eigenvalue weighted by molar-refractivity contribution is 5.29. The Balaban J connectivity index is 1.49. The summed E-state index contributed by atoms with van der Waals surface area (Å²) in [4.78, 5) is 0. The van der Waals surface area contributed by atoms with Crippen LogP contribution in [0.5, 0.6) is 5.75 Å². The highest BCUT2D eigenvalue weighted by atomic mass is 16.5. The van der Waals surface area contributed by atoms with Gasteiger partial charge >= 0.3 is 0 Å². The van der Waals surface area contributed by atoms with Crippen LogP contribution in [0.2, 0.25) is 0 Å². The second kappa shape index (κ2) is 6.31. The third kappa shape index (κ3) is 4.08. The van der Waals surface area contributed by atoms with E-state index >= 15 is 0 Å². The molecule has 0 aliphatic heterocycles. The van der Waals surface area contributed by atoms with E-state index in [1.54, 1.807) is 0 Å². The van der Waals surface area contributed by atoms with E-state index < -0.39 is 0 Å². The van der Waals surface area contributed by atoms with Crippen molar-refractivity contribution < 1.29 is 9.26 Å². The lowest BCUT2D eigenvalue weighted by Gasteiger charge is -2.07. The lowest BCUT2D eigenvalue weighted by Crippen LogP contribution is -2.15. The zero-order chi connectivity index (χ0) is 14.7. The fourth-order valence-corrected chi connectivity index (χ4v) is 2.15. The molecule has 21 heavy (non-hydrogen) atoms. The van der Waals surface area contributed by atoms with Crippen LogP contribution in [-0.2, 0) is 13.2 Å². The quantitative estimate of drug-likeness (QED) is 0.844. The van der Waals surface area contributed by atoms with Gasteiger partial charge in [0.15, 0.2) is 5.76 Å². The van der Waals surface area contributed by atoms with Gasteiger partial charge in [0, 0.05) is 18.7 Å². The SMILES string of the molecule is CC(C)c1ccc(OCc2cc(CNC3CC3)no2)cc1. The van der Waals surface area contributed by atoms with E-state index in [2.05, 4.69) is 36.5 Å². The van der Waals surface area contributed by atoms with Gasteiger partial charge in [-0.05, 0) is 36.5 Å². The second-order valence-corrected chi connectivity index (χ2v) is 5.95. The van der Waals surface area contributed by atoms with Gasteiger partial charge in [-0.1, -0.05) is 31.1 Å². The minimum atomic E-state index is 0.414. The minimum Gasteiger partial charge on any atom is -0.486 e. The summed E-state index contributed by atoms with van der Waals surface area (Å²) >= 11 is 0. The molecule has 0 atom stereocenters. The van der Waals surface area contributed by atoms with Crippen LogP contribution in [0.25, 0.3) is 0 Å². The van der Waals surface area contributed by atoms with E-state index in [0.29, 0.717) is 18.6 Å². The number of hydrogen-bond acceptors (Lipinski definition) is 4. The molecule has 0 spiro atoms. The first-order valence-corrected chi connectivity index (χ1v) is 7.61. The van der Waals surface area contributed by atoms with Crippen molar-refractivity contribution in [2.24, 2.45) is 0 Å². The molecule has 112 valence electrons. The van der Waals surface area contributed by atoms with Crippen molar-refractivity contribution in [1.82, 2.24) is 10.5 Å². The largest absolute Gasteiger partial charge is 0.486 e. The third-order valence-electron chi connectivity index (χ3n) is 3.68. The van der Waals surface area contributed by atoms with Gasteiger partial charge in [0.1, 0.15) is 12.4 Å². The molecular weight excluding hydrogens is 264 g/mol. The number of ether oxygens (including phenoxy) is 1. The third-order valence-corrected chi connectivity index (χ3v) is 3.68. The molecule has 0 saturated heterocycles. The zero-order valence-electron chi connectivity index (χ0n) is 12.6. The predicted molar refractivity (Wildman–Crippen MR) is 81.2 cm³/mol. The average molecular weight is 286 g/mol. The molecule has 1 aliphatic carbocycles. The van der Waals surface area contributed by atoms with E-state index in [-0.39, 0.29) is 0 Å². The average Bonchev–Trinajstić information content (AvgIpc) is 3.21. The molecule has 0 radical (unpaired) electrons. The minimum absolute atomic E-state index is 0.414. The Morgan fingerprint density at radius 3 is 2.71 bits per heavy atom. The van der Waals surface area contributed by atoms with Crippen LogP contribution in [-0.4, -0.2) is 11.2 Å². The number of nitrogens with zero attached hydrogens (tertiary/aromatic N) is 1. The molecule has 3 rings (SSSR count). The molecule has 4 nitrogen and oxygen atoms in total. The van der Waals surface area contributed by atoms with Gasteiger partial charge in [-0.25, -0.2) is 0 Å². The number of hydrogen-bond donors (Lipinski definition) is 1. The first-order valence-electron chi connectivity index (χ1n) is 7.61. The van der Waals surface area contributed by atoms with Crippen LogP contribution in [0.1, 0.15) is 49.6 Å². The van der Waals surface area contributed by atoms with Gasteiger partial charge in [-0.15, -0.1) is 0 Å². The van der Waals surface area contributed by atoms with Crippen LogP contribution in [0, 0.1) is 0 Å². The standard InChI is InChI=1S/C17H22N2O2/c1-12(2)13-3-7-16(8-4-13)20-11-17-9-15(19-21-17)10-18-14-5-6-14/h3-4,7-9,12,14,18H,5-6,10-11H2,1-2H3. The van der Waals surface area contributed by atoms with E-state index in [1.807, 2.05) is 18.2 Å². The fraction of sp³-hybridized carbons (Fsp3) is 0.471. The van der Waals surface area contributed by atoms with Crippen molar-refractivity contribution in [2.45, 2.75) is 51.8 Å². The molecule has 4 heteroatoms. The summed E-state index contributed by atoms with van der Waals surface area (Å²) < 4.78 is 11.0. The summed E-state index contributed by atoms with van der Waals surface area (Å²) in [5.41, 5.74) is 2.26. The summed E-state index contributed by atoms with van der Waals surface area (Å²) in [6, 6.07) is 10.8. The van der Waals surface area contributed by atoms with Crippen molar-refractivity contribution in [3.8, 4) is 5.75 Å². The maximum atomic E-state index is 5.72. The van der Waals surface area contributed by atoms with Crippen molar-refractivity contribution in [2.75, 3.05) is 0 Å². The van der Waals surface area contributed by atoms with E-state index in [9.17, 15) is 0 Å². The molecule has 1 aromatic carbocycles. The molecule has 2 aromatic rings. The van der Waals surface area contributed by atoms with Crippen molar-refractivity contribution in [3.63, 3.8) is 0 Å². The maximum absolute atomic E-state index is 5.72. The smallest absolute Gasteiger partial charge is 0.174 e. The summed E-state index contributed by atoms with van der Waals surface area (Å²) in [6.07, 6.45) is 2.56. The molecule has 1 saturated carbocycles. The summed E-state index contributed by atoms with van der Waals surface area (Å²) in [5.74, 6) is 2.15. The Kier molecular flexibility index (Phi) is 4.25.